The number of benzene rings is 1. The molecule has 1 fully saturated rings. The molecule has 0 bridgehead atoms. The number of sulfonamides is 1. The van der Waals surface area contributed by atoms with Gasteiger partial charge in [-0.3, -0.25) is 14.5 Å². The second kappa shape index (κ2) is 14.0. The van der Waals surface area contributed by atoms with E-state index in [1.807, 2.05) is 21.9 Å². The van der Waals surface area contributed by atoms with Gasteiger partial charge in [0.2, 0.25) is 22.7 Å². The second-order valence-electron chi connectivity index (χ2n) is 12.0. The molecule has 0 radical (unpaired) electrons. The van der Waals surface area contributed by atoms with Crippen LogP contribution in [0.4, 0.5) is 0 Å². The molecule has 2 heterocycles. The number of unbranched alkanes of at least 4 members (excludes halogenated alkanes) is 2. The van der Waals surface area contributed by atoms with Crippen molar-refractivity contribution in [2.24, 2.45) is 5.92 Å². The Balaban J connectivity index is 1.80. The molecule has 226 valence electrons. The minimum absolute atomic E-state index is 0.0183. The number of nitrogens with zero attached hydrogens (tertiary/aromatic N) is 3. The number of carbonyl (C=O) groups is 2. The second-order valence-corrected chi connectivity index (χ2v) is 13.8. The molecule has 12 heteroatoms. The van der Waals surface area contributed by atoms with Gasteiger partial charge in [-0.05, 0) is 43.4 Å². The molecule has 0 aromatic heterocycles. The zero-order valence-electron chi connectivity index (χ0n) is 24.6. The van der Waals surface area contributed by atoms with Crippen LogP contribution in [0, 0.1) is 5.92 Å². The summed E-state index contributed by atoms with van der Waals surface area (Å²) in [5.41, 5.74) is 0.802. The Kier molecular flexibility index (Phi) is 11.2. The fourth-order valence-corrected chi connectivity index (χ4v) is 6.09. The standard InChI is InChI=1S/C28H46N4O7S/c1-6-7-14-30(15-8-9-16-32(2,3)4)26(33)19-31-18-22(21-10-11-24-25(17-21)39-20-38-24)27(28(34)35)23(31)12-13-29-40(5,36)37/h10-11,17,22-23,27,29H,6-9,12-16,18-20H2,1-5H3/p+1. The van der Waals surface area contributed by atoms with Crippen LogP contribution >= 0.6 is 0 Å². The predicted molar refractivity (Wildman–Crippen MR) is 153 cm³/mol. The molecule has 1 saturated heterocycles. The number of hydrogen-bond acceptors (Lipinski definition) is 7. The Hall–Kier alpha value is -2.41. The summed E-state index contributed by atoms with van der Waals surface area (Å²) in [5, 5.41) is 10.3. The molecule has 1 amide bonds. The molecule has 1 aromatic rings. The van der Waals surface area contributed by atoms with E-state index in [-0.39, 0.29) is 32.2 Å². The summed E-state index contributed by atoms with van der Waals surface area (Å²) in [4.78, 5) is 30.1. The maximum absolute atomic E-state index is 13.6. The lowest BCUT2D eigenvalue weighted by molar-refractivity contribution is -0.870. The maximum Gasteiger partial charge on any atom is 0.308 e. The molecule has 40 heavy (non-hydrogen) atoms. The predicted octanol–water partition coefficient (Wildman–Crippen LogP) is 1.94. The van der Waals surface area contributed by atoms with Gasteiger partial charge < -0.3 is 24.0 Å². The zero-order valence-corrected chi connectivity index (χ0v) is 25.4. The number of carboxylic acids is 1. The van der Waals surface area contributed by atoms with Crippen LogP contribution in [0.3, 0.4) is 0 Å². The number of quaternary nitrogens is 1. The van der Waals surface area contributed by atoms with Gasteiger partial charge in [0.05, 0.1) is 46.4 Å². The molecule has 1 aromatic carbocycles. The molecule has 3 unspecified atom stereocenters. The SMILES string of the molecule is CCCCN(CCCC[N+](C)(C)C)C(=O)CN1CC(c2ccc3c(c2)OCO3)C(C(=O)O)C1CCNS(C)(=O)=O. The number of amides is 1. The summed E-state index contributed by atoms with van der Waals surface area (Å²) in [6.45, 7) is 5.13. The molecular formula is C28H47N4O7S+. The molecule has 0 aliphatic carbocycles. The summed E-state index contributed by atoms with van der Waals surface area (Å²) in [5.74, 6) is -1.00. The molecule has 2 aliphatic heterocycles. The minimum Gasteiger partial charge on any atom is -0.481 e. The van der Waals surface area contributed by atoms with E-state index in [1.54, 1.807) is 6.07 Å². The molecule has 3 rings (SSSR count). The Morgan fingerprint density at radius 1 is 1.12 bits per heavy atom. The number of hydrogen-bond donors (Lipinski definition) is 2. The van der Waals surface area contributed by atoms with Crippen molar-refractivity contribution in [3.63, 3.8) is 0 Å². The van der Waals surface area contributed by atoms with Gasteiger partial charge >= 0.3 is 5.97 Å². The van der Waals surface area contributed by atoms with Gasteiger partial charge in [-0.25, -0.2) is 13.1 Å². The van der Waals surface area contributed by atoms with Crippen molar-refractivity contribution in [1.29, 1.82) is 0 Å². The topological polar surface area (TPSA) is 125 Å². The highest BCUT2D eigenvalue weighted by atomic mass is 32.2. The third-order valence-corrected chi connectivity index (χ3v) is 8.37. The minimum atomic E-state index is -3.44. The summed E-state index contributed by atoms with van der Waals surface area (Å²) in [6.07, 6.45) is 5.15. The monoisotopic (exact) mass is 583 g/mol. The highest BCUT2D eigenvalue weighted by molar-refractivity contribution is 7.88. The number of ether oxygens (including phenoxy) is 2. The van der Waals surface area contributed by atoms with E-state index in [0.717, 1.165) is 48.5 Å². The van der Waals surface area contributed by atoms with E-state index < -0.39 is 33.9 Å². The van der Waals surface area contributed by atoms with Gasteiger partial charge in [0, 0.05) is 38.1 Å². The van der Waals surface area contributed by atoms with Crippen molar-refractivity contribution >= 4 is 21.9 Å². The first-order valence-electron chi connectivity index (χ1n) is 14.2. The Bertz CT molecular complexity index is 1120. The number of rotatable bonds is 16. The highest BCUT2D eigenvalue weighted by Gasteiger charge is 2.47. The lowest BCUT2D eigenvalue weighted by Gasteiger charge is -2.30. The first kappa shape index (κ1) is 32.1. The molecule has 3 atom stereocenters. The largest absolute Gasteiger partial charge is 0.481 e. The summed E-state index contributed by atoms with van der Waals surface area (Å²) < 4.78 is 37.8. The number of aliphatic carboxylic acids is 1. The average Bonchev–Trinajstić information content (AvgIpc) is 3.46. The summed E-state index contributed by atoms with van der Waals surface area (Å²) in [7, 11) is 3.03. The van der Waals surface area contributed by atoms with E-state index >= 15 is 0 Å². The Morgan fingerprint density at radius 2 is 1.82 bits per heavy atom. The van der Waals surface area contributed by atoms with Crippen molar-refractivity contribution in [2.75, 3.05) is 73.5 Å². The van der Waals surface area contributed by atoms with Crippen LogP contribution in [0.5, 0.6) is 11.5 Å². The zero-order chi connectivity index (χ0) is 29.5. The van der Waals surface area contributed by atoms with Crippen molar-refractivity contribution < 1.29 is 37.1 Å². The van der Waals surface area contributed by atoms with Crippen LogP contribution in [-0.4, -0.2) is 119 Å². The van der Waals surface area contributed by atoms with Crippen LogP contribution in [0.1, 0.15) is 50.5 Å². The van der Waals surface area contributed by atoms with Crippen LogP contribution < -0.4 is 14.2 Å². The number of carbonyl (C=O) groups excluding carboxylic acids is 1. The van der Waals surface area contributed by atoms with E-state index in [2.05, 4.69) is 32.8 Å². The lowest BCUT2D eigenvalue weighted by atomic mass is 9.84. The van der Waals surface area contributed by atoms with Crippen molar-refractivity contribution in [3.05, 3.63) is 23.8 Å². The van der Waals surface area contributed by atoms with Crippen molar-refractivity contribution in [2.45, 2.75) is 51.0 Å². The number of likely N-dealkylation sites (tertiary alicyclic amines) is 1. The Morgan fingerprint density at radius 3 is 2.48 bits per heavy atom. The maximum atomic E-state index is 13.6. The van der Waals surface area contributed by atoms with E-state index in [9.17, 15) is 23.1 Å². The third-order valence-electron chi connectivity index (χ3n) is 7.64. The first-order valence-corrected chi connectivity index (χ1v) is 16.1. The quantitative estimate of drug-likeness (QED) is 0.224. The van der Waals surface area contributed by atoms with Gasteiger partial charge in [0.15, 0.2) is 11.5 Å². The van der Waals surface area contributed by atoms with E-state index in [0.29, 0.717) is 31.1 Å². The van der Waals surface area contributed by atoms with Crippen LogP contribution in [0.2, 0.25) is 0 Å². The fraction of sp³-hybridized carbons (Fsp3) is 0.714. The van der Waals surface area contributed by atoms with E-state index in [4.69, 9.17) is 9.47 Å². The van der Waals surface area contributed by atoms with Gasteiger partial charge in [0.1, 0.15) is 0 Å². The average molecular weight is 584 g/mol. The highest BCUT2D eigenvalue weighted by Crippen LogP contribution is 2.42. The molecular weight excluding hydrogens is 536 g/mol. The summed E-state index contributed by atoms with van der Waals surface area (Å²) in [6, 6.07) is 4.94. The van der Waals surface area contributed by atoms with Gasteiger partial charge in [-0.1, -0.05) is 19.4 Å². The van der Waals surface area contributed by atoms with Gasteiger partial charge in [0.25, 0.3) is 0 Å². The molecule has 0 saturated carbocycles. The van der Waals surface area contributed by atoms with E-state index in [1.165, 1.54) is 0 Å². The molecule has 2 N–H and O–H groups in total. The number of nitrogens with one attached hydrogen (secondary N) is 1. The normalized spacial score (nSPS) is 21.1. The van der Waals surface area contributed by atoms with Gasteiger partial charge in [-0.2, -0.15) is 0 Å². The van der Waals surface area contributed by atoms with Crippen LogP contribution in [-0.2, 0) is 19.6 Å². The van der Waals surface area contributed by atoms with Crippen LogP contribution in [0.15, 0.2) is 18.2 Å². The number of carboxylic acid groups (broad SMARTS) is 1. The first-order chi connectivity index (χ1) is 18.8. The number of fused-ring (bicyclic) bond motifs is 1. The van der Waals surface area contributed by atoms with Gasteiger partial charge in [-0.15, -0.1) is 0 Å². The fourth-order valence-electron chi connectivity index (χ4n) is 5.60. The summed E-state index contributed by atoms with van der Waals surface area (Å²) >= 11 is 0. The third kappa shape index (κ3) is 9.32. The lowest BCUT2D eigenvalue weighted by Crippen LogP contribution is -2.45. The van der Waals surface area contributed by atoms with Crippen molar-refractivity contribution in [1.82, 2.24) is 14.5 Å². The Labute approximate surface area is 239 Å². The molecule has 11 nitrogen and oxygen atoms in total. The molecule has 2 aliphatic rings. The smallest absolute Gasteiger partial charge is 0.308 e. The van der Waals surface area contributed by atoms with Crippen molar-refractivity contribution in [3.8, 4) is 11.5 Å². The van der Waals surface area contributed by atoms with Crippen LogP contribution in [0.25, 0.3) is 0 Å². The molecule has 0 spiro atoms.